The summed E-state index contributed by atoms with van der Waals surface area (Å²) in [5.74, 6) is 4.23. The average molecular weight is 364 g/mol. The molecule has 2 aliphatic heterocycles. The van der Waals surface area contributed by atoms with E-state index in [2.05, 4.69) is 15.7 Å². The van der Waals surface area contributed by atoms with Crippen molar-refractivity contribution < 1.29 is 9.47 Å². The summed E-state index contributed by atoms with van der Waals surface area (Å²) in [6.07, 6.45) is 5.90. The van der Waals surface area contributed by atoms with Crippen molar-refractivity contribution in [2.75, 3.05) is 13.2 Å². The lowest BCUT2D eigenvalue weighted by atomic mass is 10.2. The minimum Gasteiger partial charge on any atom is -0.490 e. The number of aryl methyl sites for hydroxylation is 3. The van der Waals surface area contributed by atoms with Gasteiger partial charge in [0, 0.05) is 37.2 Å². The van der Waals surface area contributed by atoms with Crippen LogP contribution < -0.4 is 0 Å². The topological polar surface area (TPSA) is 79.4 Å². The van der Waals surface area contributed by atoms with Crippen LogP contribution in [0.1, 0.15) is 53.4 Å². The van der Waals surface area contributed by atoms with Crippen LogP contribution in [0.4, 0.5) is 0 Å². The maximum Gasteiger partial charge on any atom is 0.200 e. The van der Waals surface area contributed by atoms with Crippen molar-refractivity contribution in [2.24, 2.45) is 0 Å². The van der Waals surface area contributed by atoms with Crippen molar-refractivity contribution in [3.63, 3.8) is 0 Å². The van der Waals surface area contributed by atoms with Gasteiger partial charge in [0.15, 0.2) is 23.1 Å². The van der Waals surface area contributed by atoms with Crippen LogP contribution in [-0.2, 0) is 16.0 Å². The van der Waals surface area contributed by atoms with Crippen LogP contribution in [0.3, 0.4) is 0 Å². The lowest BCUT2D eigenvalue weighted by Gasteiger charge is -2.25. The monoisotopic (exact) mass is 364 g/mol. The molecule has 3 aromatic rings. The molecule has 5 heterocycles. The predicted molar refractivity (Wildman–Crippen MR) is 96.0 cm³/mol. The van der Waals surface area contributed by atoms with Crippen LogP contribution in [0, 0.1) is 13.8 Å². The summed E-state index contributed by atoms with van der Waals surface area (Å²) < 4.78 is 15.7. The van der Waals surface area contributed by atoms with Gasteiger partial charge in [-0.25, -0.2) is 14.5 Å². The average Bonchev–Trinajstić information content (AvgIpc) is 3.15. The maximum atomic E-state index is 5.84. The molecule has 0 radical (unpaired) electrons. The Morgan fingerprint density at radius 1 is 1.11 bits per heavy atom. The molecule has 1 aliphatic carbocycles. The SMILES string of the molecule is Cc1ncc(C)n2nc(C3CC3c3cn4c(n3)C3=C(CC4)OCCO3)nc12. The van der Waals surface area contributed by atoms with Crippen molar-refractivity contribution in [3.8, 4) is 0 Å². The summed E-state index contributed by atoms with van der Waals surface area (Å²) >= 11 is 0. The molecule has 27 heavy (non-hydrogen) atoms. The molecule has 0 bridgehead atoms. The summed E-state index contributed by atoms with van der Waals surface area (Å²) in [5.41, 5.74) is 3.85. The summed E-state index contributed by atoms with van der Waals surface area (Å²) in [7, 11) is 0. The van der Waals surface area contributed by atoms with Gasteiger partial charge < -0.3 is 14.0 Å². The van der Waals surface area contributed by atoms with Gasteiger partial charge in [0.2, 0.25) is 0 Å². The van der Waals surface area contributed by atoms with Crippen LogP contribution in [0.2, 0.25) is 0 Å². The second-order valence-corrected chi connectivity index (χ2v) is 7.52. The molecule has 3 aromatic heterocycles. The number of ether oxygens (including phenoxy) is 2. The zero-order chi connectivity index (χ0) is 18.1. The first-order valence-electron chi connectivity index (χ1n) is 9.44. The fourth-order valence-corrected chi connectivity index (χ4v) is 4.09. The molecule has 0 N–H and O–H groups in total. The normalized spacial score (nSPS) is 23.6. The quantitative estimate of drug-likeness (QED) is 0.694. The molecule has 0 amide bonds. The molecule has 3 aliphatic rings. The number of hydrogen-bond donors (Lipinski definition) is 0. The summed E-state index contributed by atoms with van der Waals surface area (Å²) in [6, 6.07) is 0. The van der Waals surface area contributed by atoms with Crippen LogP contribution in [0.25, 0.3) is 11.4 Å². The van der Waals surface area contributed by atoms with Gasteiger partial charge in [-0.15, -0.1) is 0 Å². The fourth-order valence-electron chi connectivity index (χ4n) is 4.09. The number of hydrogen-bond acceptors (Lipinski definition) is 6. The fraction of sp³-hybridized carbons (Fsp3) is 0.474. The van der Waals surface area contributed by atoms with Crippen LogP contribution >= 0.6 is 0 Å². The van der Waals surface area contributed by atoms with E-state index in [-0.39, 0.29) is 0 Å². The largest absolute Gasteiger partial charge is 0.490 e. The van der Waals surface area contributed by atoms with E-state index >= 15 is 0 Å². The van der Waals surface area contributed by atoms with Crippen molar-refractivity contribution in [3.05, 3.63) is 46.9 Å². The van der Waals surface area contributed by atoms with E-state index < -0.39 is 0 Å². The van der Waals surface area contributed by atoms with E-state index in [0.29, 0.717) is 25.0 Å². The third-order valence-electron chi connectivity index (χ3n) is 5.67. The molecule has 0 aromatic carbocycles. The van der Waals surface area contributed by atoms with Gasteiger partial charge in [-0.2, -0.15) is 5.10 Å². The highest BCUT2D eigenvalue weighted by atomic mass is 16.6. The Morgan fingerprint density at radius 2 is 2.00 bits per heavy atom. The molecule has 8 heteroatoms. The number of nitrogens with zero attached hydrogens (tertiary/aromatic N) is 6. The van der Waals surface area contributed by atoms with Crippen molar-refractivity contribution in [1.82, 2.24) is 29.1 Å². The molecule has 0 saturated heterocycles. The van der Waals surface area contributed by atoms with Crippen LogP contribution in [0.15, 0.2) is 18.2 Å². The molecular formula is C19H20N6O2. The third-order valence-corrected chi connectivity index (χ3v) is 5.67. The molecule has 8 nitrogen and oxygen atoms in total. The highest BCUT2D eigenvalue weighted by molar-refractivity contribution is 5.58. The van der Waals surface area contributed by atoms with Gasteiger partial charge in [0.05, 0.1) is 17.1 Å². The highest BCUT2D eigenvalue weighted by Crippen LogP contribution is 2.53. The molecule has 2 unspecified atom stereocenters. The first kappa shape index (κ1) is 15.2. The van der Waals surface area contributed by atoms with Gasteiger partial charge in [-0.1, -0.05) is 0 Å². The molecular weight excluding hydrogens is 344 g/mol. The second kappa shape index (κ2) is 5.31. The number of allylic oxidation sites excluding steroid dienone is 1. The van der Waals surface area contributed by atoms with E-state index in [9.17, 15) is 0 Å². The summed E-state index contributed by atoms with van der Waals surface area (Å²) in [6.45, 7) is 6.08. The number of rotatable bonds is 2. The number of imidazole rings is 1. The van der Waals surface area contributed by atoms with Crippen molar-refractivity contribution >= 4 is 11.4 Å². The molecule has 0 spiro atoms. The number of aromatic nitrogens is 6. The third kappa shape index (κ3) is 2.22. The first-order valence-corrected chi connectivity index (χ1v) is 9.44. The minimum atomic E-state index is 0.317. The first-order chi connectivity index (χ1) is 13.2. The Balaban J connectivity index is 1.33. The van der Waals surface area contributed by atoms with Gasteiger partial charge in [0.25, 0.3) is 0 Å². The van der Waals surface area contributed by atoms with Gasteiger partial charge in [-0.05, 0) is 20.3 Å². The summed E-state index contributed by atoms with van der Waals surface area (Å²) in [4.78, 5) is 14.0. The minimum absolute atomic E-state index is 0.317. The van der Waals surface area contributed by atoms with E-state index in [0.717, 1.165) is 65.3 Å². The standard InChI is InChI=1S/C19H20N6O2/c1-10-8-20-11(2)18-22-17(23-25(10)18)13-7-12(13)14-9-24-4-3-15-16(19(24)21-14)27-6-5-26-15/h8-9,12-13H,3-7H2,1-2H3. The number of fused-ring (bicyclic) bond motifs is 3. The summed E-state index contributed by atoms with van der Waals surface area (Å²) in [5, 5.41) is 4.74. The smallest absolute Gasteiger partial charge is 0.200 e. The second-order valence-electron chi connectivity index (χ2n) is 7.52. The van der Waals surface area contributed by atoms with Gasteiger partial charge >= 0.3 is 0 Å². The van der Waals surface area contributed by atoms with Crippen LogP contribution in [-0.4, -0.2) is 42.3 Å². The Morgan fingerprint density at radius 3 is 2.89 bits per heavy atom. The van der Waals surface area contributed by atoms with Crippen molar-refractivity contribution in [2.45, 2.75) is 45.1 Å². The Bertz CT molecular complexity index is 1070. The van der Waals surface area contributed by atoms with E-state index in [1.54, 1.807) is 0 Å². The highest BCUT2D eigenvalue weighted by Gasteiger charge is 2.45. The zero-order valence-electron chi connectivity index (χ0n) is 15.3. The predicted octanol–water partition coefficient (Wildman–Crippen LogP) is 2.33. The Hall–Kier alpha value is -2.90. The zero-order valence-corrected chi connectivity index (χ0v) is 15.3. The lowest BCUT2D eigenvalue weighted by Crippen LogP contribution is -2.20. The van der Waals surface area contributed by atoms with Gasteiger partial charge in [-0.3, -0.25) is 4.98 Å². The van der Waals surface area contributed by atoms with Gasteiger partial charge in [0.1, 0.15) is 19.0 Å². The molecule has 2 atom stereocenters. The van der Waals surface area contributed by atoms with E-state index in [1.165, 1.54) is 0 Å². The molecule has 1 fully saturated rings. The molecule has 6 rings (SSSR count). The van der Waals surface area contributed by atoms with E-state index in [4.69, 9.17) is 24.5 Å². The Kier molecular flexibility index (Phi) is 2.99. The Labute approximate surface area is 155 Å². The van der Waals surface area contributed by atoms with Crippen LogP contribution in [0.5, 0.6) is 0 Å². The lowest BCUT2D eigenvalue weighted by molar-refractivity contribution is 0.0891. The maximum absolute atomic E-state index is 5.84. The van der Waals surface area contributed by atoms with Crippen molar-refractivity contribution in [1.29, 1.82) is 0 Å². The van der Waals surface area contributed by atoms with E-state index in [1.807, 2.05) is 24.6 Å². The molecule has 1 saturated carbocycles. The molecule has 138 valence electrons.